The second-order valence-electron chi connectivity index (χ2n) is 8.48. The number of hydrogen-bond acceptors (Lipinski definition) is 7. The summed E-state index contributed by atoms with van der Waals surface area (Å²) in [6.07, 6.45) is 3.62. The molecule has 3 heterocycles. The van der Waals surface area contributed by atoms with Gasteiger partial charge in [-0.1, -0.05) is 23.9 Å². The van der Waals surface area contributed by atoms with Gasteiger partial charge in [0.1, 0.15) is 10.4 Å². The van der Waals surface area contributed by atoms with Crippen LogP contribution in [0.25, 0.3) is 0 Å². The average molecular weight is 509 g/mol. The molecule has 3 atom stereocenters. The van der Waals surface area contributed by atoms with Crippen LogP contribution in [0.15, 0.2) is 41.8 Å². The van der Waals surface area contributed by atoms with Crippen LogP contribution in [0, 0.1) is 5.82 Å². The van der Waals surface area contributed by atoms with Gasteiger partial charge in [0, 0.05) is 45.3 Å². The maximum atomic E-state index is 13.3. The number of amidine groups is 1. The highest BCUT2D eigenvalue weighted by Gasteiger charge is 2.39. The molecule has 2 aromatic rings. The molecular formula is C22H29FN6O3S2. The Bertz CT molecular complexity index is 1160. The van der Waals surface area contributed by atoms with Crippen molar-refractivity contribution in [3.8, 4) is 0 Å². The van der Waals surface area contributed by atoms with E-state index in [0.29, 0.717) is 31.3 Å². The van der Waals surface area contributed by atoms with Crippen molar-refractivity contribution in [1.29, 1.82) is 0 Å². The fourth-order valence-electron chi connectivity index (χ4n) is 4.29. The van der Waals surface area contributed by atoms with Crippen molar-refractivity contribution in [3.63, 3.8) is 0 Å². The number of thioether (sulfide) groups is 1. The van der Waals surface area contributed by atoms with Crippen LogP contribution < -0.4 is 5.32 Å². The van der Waals surface area contributed by atoms with Gasteiger partial charge in [-0.3, -0.25) is 14.7 Å². The summed E-state index contributed by atoms with van der Waals surface area (Å²) in [7, 11) is -3.54. The molecule has 2 aliphatic heterocycles. The molecule has 12 heteroatoms. The van der Waals surface area contributed by atoms with E-state index in [9.17, 15) is 17.6 Å². The summed E-state index contributed by atoms with van der Waals surface area (Å²) in [5, 5.41) is 2.93. The Kier molecular flexibility index (Phi) is 7.41. The van der Waals surface area contributed by atoms with Gasteiger partial charge >= 0.3 is 0 Å². The molecule has 0 bridgehead atoms. The van der Waals surface area contributed by atoms with Crippen LogP contribution in [-0.2, 0) is 14.8 Å². The maximum Gasteiger partial charge on any atom is 0.228 e. The van der Waals surface area contributed by atoms with Crippen molar-refractivity contribution < 1.29 is 17.6 Å². The number of rotatable bonds is 6. The Morgan fingerprint density at radius 3 is 2.47 bits per heavy atom. The highest BCUT2D eigenvalue weighted by molar-refractivity contribution is 8.22. The third-order valence-electron chi connectivity index (χ3n) is 6.32. The smallest absolute Gasteiger partial charge is 0.228 e. The number of nitrogens with zero attached hydrogens (tertiary/aromatic N) is 5. The molecule has 9 nitrogen and oxygen atoms in total. The minimum absolute atomic E-state index is 0.0144. The molecule has 1 fully saturated rings. The van der Waals surface area contributed by atoms with Crippen molar-refractivity contribution in [2.75, 3.05) is 32.7 Å². The minimum Gasteiger partial charge on any atom is -0.326 e. The first-order valence-corrected chi connectivity index (χ1v) is 13.5. The quantitative estimate of drug-likeness (QED) is 0.642. The average Bonchev–Trinajstić information content (AvgIpc) is 3.48. The molecule has 0 spiro atoms. The lowest BCUT2D eigenvalue weighted by atomic mass is 10.1. The lowest BCUT2D eigenvalue weighted by Gasteiger charge is -2.38. The normalized spacial score (nSPS) is 21.8. The number of hydrogen-bond donors (Lipinski definition) is 1. The Balaban J connectivity index is 1.38. The minimum atomic E-state index is -3.54. The van der Waals surface area contributed by atoms with Crippen molar-refractivity contribution in [1.82, 2.24) is 24.1 Å². The summed E-state index contributed by atoms with van der Waals surface area (Å²) in [5.41, 5.74) is 2.01. The van der Waals surface area contributed by atoms with Gasteiger partial charge in [-0.15, -0.1) is 0 Å². The van der Waals surface area contributed by atoms with E-state index in [0.717, 1.165) is 23.0 Å². The Labute approximate surface area is 203 Å². The van der Waals surface area contributed by atoms with E-state index in [4.69, 9.17) is 0 Å². The fourth-order valence-corrected chi connectivity index (χ4v) is 7.44. The van der Waals surface area contributed by atoms with Crippen LogP contribution in [0.3, 0.4) is 0 Å². The number of aliphatic imine (C=N–C) groups is 1. The van der Waals surface area contributed by atoms with Crippen LogP contribution in [0.4, 0.5) is 4.39 Å². The maximum absolute atomic E-state index is 13.3. The molecule has 0 saturated carbocycles. The topological polar surface area (TPSA) is 99.9 Å². The number of piperazine rings is 1. The predicted molar refractivity (Wildman–Crippen MR) is 130 cm³/mol. The number of imidazole rings is 1. The van der Waals surface area contributed by atoms with Gasteiger partial charge in [-0.25, -0.2) is 17.8 Å². The summed E-state index contributed by atoms with van der Waals surface area (Å²) >= 11 is 1.09. The number of carbonyl (C=O) groups is 1. The SMILES string of the molecule is CC(=O)NC1=NCC(S(=O)(=O)N2CCN(C(C)c3cncn3C(C)c3ccc(F)cc3)CC2)S1. The Hall–Kier alpha value is -2.28. The zero-order chi connectivity index (χ0) is 24.5. The molecule has 0 aliphatic carbocycles. The number of benzene rings is 1. The van der Waals surface area contributed by atoms with E-state index in [2.05, 4.69) is 31.7 Å². The molecule has 1 amide bonds. The molecule has 1 saturated heterocycles. The first-order chi connectivity index (χ1) is 16.2. The zero-order valence-corrected chi connectivity index (χ0v) is 21.0. The van der Waals surface area contributed by atoms with Crippen molar-refractivity contribution in [2.24, 2.45) is 4.99 Å². The molecule has 1 N–H and O–H groups in total. The van der Waals surface area contributed by atoms with Gasteiger partial charge in [0.15, 0.2) is 5.17 Å². The first kappa shape index (κ1) is 24.8. The monoisotopic (exact) mass is 508 g/mol. The van der Waals surface area contributed by atoms with E-state index in [-0.39, 0.29) is 30.4 Å². The number of nitrogens with one attached hydrogen (secondary N) is 1. The van der Waals surface area contributed by atoms with Crippen LogP contribution in [-0.4, -0.2) is 75.6 Å². The number of sulfonamides is 1. The van der Waals surface area contributed by atoms with E-state index >= 15 is 0 Å². The van der Waals surface area contributed by atoms with E-state index in [1.165, 1.54) is 23.4 Å². The first-order valence-electron chi connectivity index (χ1n) is 11.2. The summed E-state index contributed by atoms with van der Waals surface area (Å²) in [6, 6.07) is 6.49. The van der Waals surface area contributed by atoms with Crippen LogP contribution in [0.1, 0.15) is 44.1 Å². The Morgan fingerprint density at radius 1 is 1.15 bits per heavy atom. The van der Waals surface area contributed by atoms with Gasteiger partial charge in [-0.05, 0) is 31.5 Å². The standard InChI is InChI=1S/C22H29FN6O3S2/c1-15(18-4-6-19(23)7-5-18)29-14-24-12-20(29)16(2)27-8-10-28(11-9-27)34(31,32)21-13-25-22(33-21)26-17(3)30/h4-7,12,14-16,21H,8-11,13H2,1-3H3,(H,25,26,30). The van der Waals surface area contributed by atoms with Crippen molar-refractivity contribution in [3.05, 3.63) is 53.9 Å². The van der Waals surface area contributed by atoms with Crippen LogP contribution in [0.2, 0.25) is 0 Å². The van der Waals surface area contributed by atoms with Gasteiger partial charge in [0.25, 0.3) is 0 Å². The highest BCUT2D eigenvalue weighted by Crippen LogP contribution is 2.30. The second kappa shape index (κ2) is 10.1. The predicted octanol–water partition coefficient (Wildman–Crippen LogP) is 2.20. The summed E-state index contributed by atoms with van der Waals surface area (Å²) in [5.74, 6) is -0.531. The molecule has 4 rings (SSSR count). The van der Waals surface area contributed by atoms with Crippen LogP contribution >= 0.6 is 11.8 Å². The van der Waals surface area contributed by atoms with Crippen LogP contribution in [0.5, 0.6) is 0 Å². The van der Waals surface area contributed by atoms with Gasteiger partial charge < -0.3 is 9.88 Å². The molecule has 34 heavy (non-hydrogen) atoms. The number of carbonyl (C=O) groups excluding carboxylic acids is 1. The van der Waals surface area contributed by atoms with E-state index < -0.39 is 14.6 Å². The summed E-state index contributed by atoms with van der Waals surface area (Å²) in [6.45, 7) is 7.61. The number of aromatic nitrogens is 2. The third-order valence-corrected chi connectivity index (χ3v) is 10.1. The summed E-state index contributed by atoms with van der Waals surface area (Å²) in [4.78, 5) is 22.0. The molecule has 1 aromatic heterocycles. The Morgan fingerprint density at radius 2 is 1.82 bits per heavy atom. The lowest BCUT2D eigenvalue weighted by Crippen LogP contribution is -2.51. The third kappa shape index (κ3) is 5.19. The van der Waals surface area contributed by atoms with Crippen molar-refractivity contribution in [2.45, 2.75) is 37.4 Å². The lowest BCUT2D eigenvalue weighted by molar-refractivity contribution is -0.117. The zero-order valence-electron chi connectivity index (χ0n) is 19.4. The largest absolute Gasteiger partial charge is 0.326 e. The molecule has 1 aromatic carbocycles. The van der Waals surface area contributed by atoms with E-state index in [1.807, 2.05) is 13.1 Å². The summed E-state index contributed by atoms with van der Waals surface area (Å²) < 4.78 is 42.4. The van der Waals surface area contributed by atoms with E-state index in [1.54, 1.807) is 18.5 Å². The fraction of sp³-hybridized carbons (Fsp3) is 0.500. The highest BCUT2D eigenvalue weighted by atomic mass is 32.3. The second-order valence-corrected chi connectivity index (χ2v) is 12.1. The molecule has 0 radical (unpaired) electrons. The van der Waals surface area contributed by atoms with Gasteiger partial charge in [0.2, 0.25) is 15.9 Å². The van der Waals surface area contributed by atoms with Gasteiger partial charge in [0.05, 0.1) is 24.6 Å². The molecule has 184 valence electrons. The molecule has 2 aliphatic rings. The van der Waals surface area contributed by atoms with Gasteiger partial charge in [-0.2, -0.15) is 4.31 Å². The van der Waals surface area contributed by atoms with Crippen molar-refractivity contribution >= 4 is 32.9 Å². The molecule has 3 unspecified atom stereocenters. The number of halogens is 1. The molecular weight excluding hydrogens is 479 g/mol. The number of amides is 1.